The highest BCUT2D eigenvalue weighted by Crippen LogP contribution is 2.15. The third-order valence-electron chi connectivity index (χ3n) is 2.80. The van der Waals surface area contributed by atoms with Gasteiger partial charge in [0.2, 0.25) is 0 Å². The van der Waals surface area contributed by atoms with Gasteiger partial charge in [0.25, 0.3) is 0 Å². The van der Waals surface area contributed by atoms with E-state index < -0.39 is 0 Å². The lowest BCUT2D eigenvalue weighted by Crippen LogP contribution is -2.24. The molecule has 0 spiro atoms. The van der Waals surface area contributed by atoms with Crippen molar-refractivity contribution < 1.29 is 0 Å². The zero-order chi connectivity index (χ0) is 11.4. The molecule has 1 atom stereocenters. The van der Waals surface area contributed by atoms with Gasteiger partial charge in [-0.15, -0.1) is 6.42 Å². The van der Waals surface area contributed by atoms with Gasteiger partial charge >= 0.3 is 0 Å². The van der Waals surface area contributed by atoms with Gasteiger partial charge in [-0.1, -0.05) is 18.1 Å². The van der Waals surface area contributed by atoms with E-state index in [0.717, 1.165) is 6.54 Å². The van der Waals surface area contributed by atoms with Crippen LogP contribution in [0.3, 0.4) is 0 Å². The number of hydrogen-bond acceptors (Lipinski definition) is 1. The highest BCUT2D eigenvalue weighted by Gasteiger charge is 2.02. The molecule has 80 valence electrons. The molecular weight excluding hydrogens is 182 g/mol. The van der Waals surface area contributed by atoms with E-state index in [9.17, 15) is 0 Å². The van der Waals surface area contributed by atoms with Crippen molar-refractivity contribution in [3.05, 3.63) is 34.4 Å². The molecule has 1 rings (SSSR count). The van der Waals surface area contributed by atoms with Crippen molar-refractivity contribution in [3.63, 3.8) is 0 Å². The van der Waals surface area contributed by atoms with Crippen molar-refractivity contribution in [2.45, 2.75) is 40.3 Å². The van der Waals surface area contributed by atoms with Crippen LogP contribution in [-0.4, -0.2) is 6.04 Å². The van der Waals surface area contributed by atoms with Gasteiger partial charge in [-0.2, -0.15) is 0 Å². The summed E-state index contributed by atoms with van der Waals surface area (Å²) in [5, 5.41) is 3.30. The maximum Gasteiger partial charge on any atom is 0.0660 e. The first-order valence-corrected chi connectivity index (χ1v) is 5.31. The number of aryl methyl sites for hydroxylation is 3. The van der Waals surface area contributed by atoms with Crippen LogP contribution in [0.5, 0.6) is 0 Å². The maximum atomic E-state index is 5.32. The molecule has 0 bridgehead atoms. The molecule has 1 nitrogen and oxygen atoms in total. The molecule has 0 amide bonds. The zero-order valence-corrected chi connectivity index (χ0v) is 10.0. The zero-order valence-electron chi connectivity index (χ0n) is 10.0. The fraction of sp³-hybridized carbons (Fsp3) is 0.429. The summed E-state index contributed by atoms with van der Waals surface area (Å²) >= 11 is 0. The van der Waals surface area contributed by atoms with E-state index >= 15 is 0 Å². The highest BCUT2D eigenvalue weighted by atomic mass is 14.9. The Bertz CT molecular complexity index is 385. The second-order valence-corrected chi connectivity index (χ2v) is 4.13. The molecule has 0 radical (unpaired) electrons. The van der Waals surface area contributed by atoms with Crippen LogP contribution >= 0.6 is 0 Å². The molecular formula is C14H19N. The Hall–Kier alpha value is -1.26. The first-order chi connectivity index (χ1) is 7.04. The topological polar surface area (TPSA) is 12.0 Å². The maximum absolute atomic E-state index is 5.32. The standard InChI is InChI=1S/C14H19N/c1-6-13(5)15-9-14-8-11(3)10(2)7-12(14)4/h1,7-8,13,15H,9H2,2-5H3. The number of rotatable bonds is 3. The molecule has 0 fully saturated rings. The fourth-order valence-electron chi connectivity index (χ4n) is 1.53. The molecule has 0 saturated heterocycles. The third kappa shape index (κ3) is 3.11. The molecule has 1 heteroatoms. The molecule has 1 N–H and O–H groups in total. The van der Waals surface area contributed by atoms with Crippen LogP contribution in [0.4, 0.5) is 0 Å². The monoisotopic (exact) mass is 201 g/mol. The van der Waals surface area contributed by atoms with Gasteiger partial charge in [-0.3, -0.25) is 5.32 Å². The largest absolute Gasteiger partial charge is 0.300 e. The van der Waals surface area contributed by atoms with Crippen molar-refractivity contribution in [2.24, 2.45) is 0 Å². The van der Waals surface area contributed by atoms with E-state index in [-0.39, 0.29) is 6.04 Å². The summed E-state index contributed by atoms with van der Waals surface area (Å²) in [5.41, 5.74) is 5.35. The first kappa shape index (κ1) is 11.8. The summed E-state index contributed by atoms with van der Waals surface area (Å²) < 4.78 is 0. The predicted octanol–water partition coefficient (Wildman–Crippen LogP) is 2.72. The molecule has 0 aromatic heterocycles. The van der Waals surface area contributed by atoms with Gasteiger partial charge in [0, 0.05) is 6.54 Å². The van der Waals surface area contributed by atoms with Gasteiger partial charge in [-0.05, 0) is 49.9 Å². The minimum atomic E-state index is 0.131. The van der Waals surface area contributed by atoms with Crippen molar-refractivity contribution in [1.82, 2.24) is 5.32 Å². The van der Waals surface area contributed by atoms with Crippen molar-refractivity contribution in [1.29, 1.82) is 0 Å². The van der Waals surface area contributed by atoms with E-state index in [2.05, 4.69) is 44.1 Å². The Morgan fingerprint density at radius 3 is 2.40 bits per heavy atom. The van der Waals surface area contributed by atoms with Crippen molar-refractivity contribution in [2.75, 3.05) is 0 Å². The number of terminal acetylenes is 1. The quantitative estimate of drug-likeness (QED) is 0.741. The van der Waals surface area contributed by atoms with E-state index in [1.807, 2.05) is 6.92 Å². The molecule has 15 heavy (non-hydrogen) atoms. The lowest BCUT2D eigenvalue weighted by atomic mass is 10.0. The SMILES string of the molecule is C#CC(C)NCc1cc(C)c(C)cc1C. The lowest BCUT2D eigenvalue weighted by Gasteiger charge is -2.12. The molecule has 0 heterocycles. The molecule has 1 aromatic carbocycles. The minimum absolute atomic E-state index is 0.131. The van der Waals surface area contributed by atoms with E-state index in [1.54, 1.807) is 0 Å². The summed E-state index contributed by atoms with van der Waals surface area (Å²) in [6.45, 7) is 9.27. The highest BCUT2D eigenvalue weighted by molar-refractivity contribution is 5.36. The summed E-state index contributed by atoms with van der Waals surface area (Å²) in [6.07, 6.45) is 5.32. The Morgan fingerprint density at radius 1 is 1.20 bits per heavy atom. The van der Waals surface area contributed by atoms with Crippen molar-refractivity contribution in [3.8, 4) is 12.3 Å². The summed E-state index contributed by atoms with van der Waals surface area (Å²) in [5.74, 6) is 2.67. The van der Waals surface area contributed by atoms with Gasteiger partial charge in [0.15, 0.2) is 0 Å². The van der Waals surface area contributed by atoms with Gasteiger partial charge in [0.05, 0.1) is 6.04 Å². The fourth-order valence-corrected chi connectivity index (χ4v) is 1.53. The van der Waals surface area contributed by atoms with Crippen LogP contribution in [0.1, 0.15) is 29.2 Å². The third-order valence-corrected chi connectivity index (χ3v) is 2.80. The number of nitrogens with one attached hydrogen (secondary N) is 1. The van der Waals surface area contributed by atoms with E-state index in [0.29, 0.717) is 0 Å². The van der Waals surface area contributed by atoms with Crippen molar-refractivity contribution >= 4 is 0 Å². The molecule has 0 aliphatic rings. The van der Waals surface area contributed by atoms with Crippen LogP contribution in [0.2, 0.25) is 0 Å². The van der Waals surface area contributed by atoms with E-state index in [4.69, 9.17) is 6.42 Å². The average molecular weight is 201 g/mol. The molecule has 1 unspecified atom stereocenters. The van der Waals surface area contributed by atoms with Crippen LogP contribution in [0, 0.1) is 33.1 Å². The normalized spacial score (nSPS) is 12.2. The average Bonchev–Trinajstić information content (AvgIpc) is 2.21. The van der Waals surface area contributed by atoms with E-state index in [1.165, 1.54) is 22.3 Å². The van der Waals surface area contributed by atoms with Gasteiger partial charge < -0.3 is 0 Å². The van der Waals surface area contributed by atoms with Crippen LogP contribution in [0.15, 0.2) is 12.1 Å². The smallest absolute Gasteiger partial charge is 0.0660 e. The van der Waals surface area contributed by atoms with Gasteiger partial charge in [-0.25, -0.2) is 0 Å². The number of benzene rings is 1. The minimum Gasteiger partial charge on any atom is -0.300 e. The van der Waals surface area contributed by atoms with Crippen LogP contribution < -0.4 is 5.32 Å². The summed E-state index contributed by atoms with van der Waals surface area (Å²) in [4.78, 5) is 0. The van der Waals surface area contributed by atoms with Crippen LogP contribution in [0.25, 0.3) is 0 Å². The first-order valence-electron chi connectivity index (χ1n) is 5.31. The summed E-state index contributed by atoms with van der Waals surface area (Å²) in [6, 6.07) is 4.60. The Labute approximate surface area is 92.9 Å². The Balaban J connectivity index is 2.78. The molecule has 0 aliphatic heterocycles. The Kier molecular flexibility index (Phi) is 3.94. The predicted molar refractivity (Wildman–Crippen MR) is 65.8 cm³/mol. The molecule has 0 aliphatic carbocycles. The molecule has 0 saturated carbocycles. The summed E-state index contributed by atoms with van der Waals surface area (Å²) in [7, 11) is 0. The van der Waals surface area contributed by atoms with Gasteiger partial charge in [0.1, 0.15) is 0 Å². The Morgan fingerprint density at radius 2 is 1.80 bits per heavy atom. The molecule has 1 aromatic rings. The second kappa shape index (κ2) is 5.00. The second-order valence-electron chi connectivity index (χ2n) is 4.13. The lowest BCUT2D eigenvalue weighted by molar-refractivity contribution is 0.646. The van der Waals surface area contributed by atoms with Crippen LogP contribution in [-0.2, 0) is 6.54 Å². The number of hydrogen-bond donors (Lipinski definition) is 1.